The highest BCUT2D eigenvalue weighted by Crippen LogP contribution is 2.08. The van der Waals surface area contributed by atoms with Crippen molar-refractivity contribution in [1.29, 1.82) is 0 Å². The van der Waals surface area contributed by atoms with Crippen LogP contribution in [0.25, 0.3) is 0 Å². The Labute approximate surface area is 80.3 Å². The van der Waals surface area contributed by atoms with Gasteiger partial charge in [-0.15, -0.1) is 0 Å². The predicted octanol–water partition coefficient (Wildman–Crippen LogP) is 2.85. The summed E-state index contributed by atoms with van der Waals surface area (Å²) >= 11 is 0. The van der Waals surface area contributed by atoms with E-state index in [0.717, 1.165) is 12.8 Å². The fourth-order valence-electron chi connectivity index (χ4n) is 1.07. The minimum Gasteiger partial charge on any atom is -0.466 e. The van der Waals surface area contributed by atoms with Crippen molar-refractivity contribution in [1.82, 2.24) is 0 Å². The number of allylic oxidation sites excluding steroid dienone is 3. The topological polar surface area (TPSA) is 26.3 Å². The molecule has 0 saturated carbocycles. The summed E-state index contributed by atoms with van der Waals surface area (Å²) in [5.41, 5.74) is 1.84. The Hall–Kier alpha value is -1.05. The zero-order valence-corrected chi connectivity index (χ0v) is 8.89. The first-order valence-corrected chi connectivity index (χ1v) is 4.61. The van der Waals surface area contributed by atoms with Gasteiger partial charge in [-0.05, 0) is 25.8 Å². The van der Waals surface area contributed by atoms with Crippen LogP contribution in [0.5, 0.6) is 0 Å². The van der Waals surface area contributed by atoms with Gasteiger partial charge >= 0.3 is 5.97 Å². The van der Waals surface area contributed by atoms with Crippen LogP contribution < -0.4 is 0 Å². The van der Waals surface area contributed by atoms with Crippen LogP contribution >= 0.6 is 0 Å². The monoisotopic (exact) mass is 182 g/mol. The molecule has 0 unspecified atom stereocenters. The number of hydrogen-bond donors (Lipinski definition) is 0. The molecule has 0 atom stereocenters. The Bertz CT molecular complexity index is 224. The van der Waals surface area contributed by atoms with Crippen molar-refractivity contribution < 1.29 is 9.53 Å². The van der Waals surface area contributed by atoms with E-state index in [1.165, 1.54) is 12.7 Å². The van der Waals surface area contributed by atoms with Crippen LogP contribution in [-0.2, 0) is 9.53 Å². The summed E-state index contributed by atoms with van der Waals surface area (Å²) in [7, 11) is 1.40. The third-order valence-electron chi connectivity index (χ3n) is 1.78. The molecule has 0 aromatic rings. The summed E-state index contributed by atoms with van der Waals surface area (Å²) < 4.78 is 4.60. The number of esters is 1. The van der Waals surface area contributed by atoms with Crippen molar-refractivity contribution in [2.45, 2.75) is 33.6 Å². The maximum Gasteiger partial charge on any atom is 0.333 e. The summed E-state index contributed by atoms with van der Waals surface area (Å²) in [4.78, 5) is 11.0. The van der Waals surface area contributed by atoms with Gasteiger partial charge in [0.25, 0.3) is 0 Å². The van der Waals surface area contributed by atoms with E-state index in [9.17, 15) is 4.79 Å². The summed E-state index contributed by atoms with van der Waals surface area (Å²) in [5, 5.41) is 0. The number of hydrogen-bond acceptors (Lipinski definition) is 2. The quantitative estimate of drug-likeness (QED) is 0.379. The molecule has 0 saturated heterocycles. The molecule has 0 amide bonds. The van der Waals surface area contributed by atoms with Crippen molar-refractivity contribution >= 4 is 5.97 Å². The largest absolute Gasteiger partial charge is 0.466 e. The Morgan fingerprint density at radius 2 is 2.00 bits per heavy atom. The van der Waals surface area contributed by atoms with Gasteiger partial charge in [-0.2, -0.15) is 0 Å². The molecule has 2 heteroatoms. The van der Waals surface area contributed by atoms with Crippen molar-refractivity contribution in [3.05, 3.63) is 23.3 Å². The molecule has 0 aliphatic rings. The van der Waals surface area contributed by atoms with Crippen LogP contribution in [0.4, 0.5) is 0 Å². The van der Waals surface area contributed by atoms with Gasteiger partial charge in [0.1, 0.15) is 0 Å². The minimum atomic E-state index is -0.254. The molecule has 74 valence electrons. The van der Waals surface area contributed by atoms with Gasteiger partial charge in [0.05, 0.1) is 7.11 Å². The second-order valence-electron chi connectivity index (χ2n) is 2.86. The van der Waals surface area contributed by atoms with Crippen LogP contribution in [-0.4, -0.2) is 13.1 Å². The van der Waals surface area contributed by atoms with Gasteiger partial charge in [0, 0.05) is 5.57 Å². The van der Waals surface area contributed by atoms with Gasteiger partial charge in [-0.25, -0.2) is 4.79 Å². The fourth-order valence-corrected chi connectivity index (χ4v) is 1.07. The van der Waals surface area contributed by atoms with Crippen LogP contribution in [0.1, 0.15) is 33.6 Å². The molecule has 0 spiro atoms. The molecule has 0 aromatic heterocycles. The fraction of sp³-hybridized carbons (Fsp3) is 0.545. The lowest BCUT2D eigenvalue weighted by Gasteiger charge is -2.00. The normalized spacial score (nSPS) is 12.9. The average molecular weight is 182 g/mol. The first kappa shape index (κ1) is 11.9. The van der Waals surface area contributed by atoms with E-state index in [4.69, 9.17) is 0 Å². The zero-order valence-electron chi connectivity index (χ0n) is 8.89. The van der Waals surface area contributed by atoms with E-state index >= 15 is 0 Å². The van der Waals surface area contributed by atoms with Gasteiger partial charge in [-0.1, -0.05) is 25.5 Å². The highest BCUT2D eigenvalue weighted by Gasteiger charge is 2.02. The number of carbonyl (C=O) groups excluding carboxylic acids is 1. The molecule has 0 aliphatic carbocycles. The number of carbonyl (C=O) groups is 1. The van der Waals surface area contributed by atoms with Crippen molar-refractivity contribution in [3.8, 4) is 0 Å². The summed E-state index contributed by atoms with van der Waals surface area (Å²) in [6, 6.07) is 0. The van der Waals surface area contributed by atoms with Gasteiger partial charge in [0.2, 0.25) is 0 Å². The van der Waals surface area contributed by atoms with Crippen molar-refractivity contribution in [3.63, 3.8) is 0 Å². The summed E-state index contributed by atoms with van der Waals surface area (Å²) in [6.07, 6.45) is 5.94. The Balaban J connectivity index is 4.51. The zero-order chi connectivity index (χ0) is 10.3. The van der Waals surface area contributed by atoms with Crippen LogP contribution in [0, 0.1) is 0 Å². The molecule has 0 N–H and O–H groups in total. The Morgan fingerprint density at radius 3 is 2.38 bits per heavy atom. The molecule has 0 fully saturated rings. The van der Waals surface area contributed by atoms with Crippen LogP contribution in [0.2, 0.25) is 0 Å². The Kier molecular flexibility index (Phi) is 5.94. The first-order valence-electron chi connectivity index (χ1n) is 4.61. The molecule has 0 bridgehead atoms. The standard InChI is InChI=1S/C11H18O2/c1-5-7-10(6-2)8-9(3)11(12)13-4/h7-8H,5-6H2,1-4H3. The Morgan fingerprint density at radius 1 is 1.38 bits per heavy atom. The molecule has 2 nitrogen and oxygen atoms in total. The minimum absolute atomic E-state index is 0.254. The first-order chi connectivity index (χ1) is 6.15. The van der Waals surface area contributed by atoms with Crippen LogP contribution in [0.15, 0.2) is 23.3 Å². The number of rotatable bonds is 4. The van der Waals surface area contributed by atoms with Gasteiger partial charge in [0.15, 0.2) is 0 Å². The highest BCUT2D eigenvalue weighted by molar-refractivity contribution is 5.88. The van der Waals surface area contributed by atoms with E-state index in [2.05, 4.69) is 24.7 Å². The molecule has 0 rings (SSSR count). The molecule has 0 heterocycles. The molecular weight excluding hydrogens is 164 g/mol. The maximum atomic E-state index is 11.0. The SMILES string of the molecule is CCC=C(C=C(C)C(=O)OC)CC. The van der Waals surface area contributed by atoms with E-state index < -0.39 is 0 Å². The van der Waals surface area contributed by atoms with Crippen molar-refractivity contribution in [2.24, 2.45) is 0 Å². The lowest BCUT2D eigenvalue weighted by Crippen LogP contribution is -2.01. The molecule has 0 aromatic carbocycles. The molecule has 13 heavy (non-hydrogen) atoms. The van der Waals surface area contributed by atoms with E-state index in [1.54, 1.807) is 6.92 Å². The third kappa shape index (κ3) is 4.51. The molecule has 0 radical (unpaired) electrons. The smallest absolute Gasteiger partial charge is 0.333 e. The lowest BCUT2D eigenvalue weighted by atomic mass is 10.1. The van der Waals surface area contributed by atoms with Gasteiger partial charge < -0.3 is 4.74 Å². The van der Waals surface area contributed by atoms with Crippen molar-refractivity contribution in [2.75, 3.05) is 7.11 Å². The highest BCUT2D eigenvalue weighted by atomic mass is 16.5. The molecular formula is C11H18O2. The molecule has 0 aliphatic heterocycles. The van der Waals surface area contributed by atoms with E-state index in [1.807, 2.05) is 6.08 Å². The summed E-state index contributed by atoms with van der Waals surface area (Å²) in [5.74, 6) is -0.254. The maximum absolute atomic E-state index is 11.0. The van der Waals surface area contributed by atoms with E-state index in [-0.39, 0.29) is 5.97 Å². The number of ether oxygens (including phenoxy) is 1. The third-order valence-corrected chi connectivity index (χ3v) is 1.78. The van der Waals surface area contributed by atoms with Crippen LogP contribution in [0.3, 0.4) is 0 Å². The number of methoxy groups -OCH3 is 1. The summed E-state index contributed by atoms with van der Waals surface area (Å²) in [6.45, 7) is 5.92. The lowest BCUT2D eigenvalue weighted by molar-refractivity contribution is -0.136. The second-order valence-corrected chi connectivity index (χ2v) is 2.86. The van der Waals surface area contributed by atoms with E-state index in [0.29, 0.717) is 5.57 Å². The predicted molar refractivity (Wildman–Crippen MR) is 54.4 cm³/mol. The van der Waals surface area contributed by atoms with Gasteiger partial charge in [-0.3, -0.25) is 0 Å². The second kappa shape index (κ2) is 6.46. The average Bonchev–Trinajstić information content (AvgIpc) is 2.15.